The van der Waals surface area contributed by atoms with Crippen molar-refractivity contribution in [1.29, 1.82) is 0 Å². The highest BCUT2D eigenvalue weighted by Gasteiger charge is 2.49. The highest BCUT2D eigenvalue weighted by Crippen LogP contribution is 2.34. The van der Waals surface area contributed by atoms with Crippen LogP contribution in [0.2, 0.25) is 0 Å². The molecule has 0 unspecified atom stereocenters. The molecule has 0 bridgehead atoms. The van der Waals surface area contributed by atoms with E-state index in [4.69, 9.17) is 0 Å². The molecule has 2 saturated heterocycles. The minimum absolute atomic E-state index is 0.0301. The SMILES string of the molecule is CC(C)NC(=O)N[C@@H]1CCN2C(=O)N(c3cccc4nsnc34)C(=O)[C@@H]2C1. The largest absolute Gasteiger partial charge is 0.336 e. The lowest BCUT2D eigenvalue weighted by atomic mass is 9.98. The van der Waals surface area contributed by atoms with Crippen LogP contribution in [0, 0.1) is 0 Å². The normalized spacial score (nSPS) is 22.5. The second-order valence-electron chi connectivity index (χ2n) is 7.07. The topological polar surface area (TPSA) is 108 Å². The van der Waals surface area contributed by atoms with Gasteiger partial charge in [-0.05, 0) is 38.8 Å². The number of hydrogen-bond donors (Lipinski definition) is 2. The number of anilines is 1. The number of benzene rings is 1. The number of piperidine rings is 1. The quantitative estimate of drug-likeness (QED) is 0.778. The molecule has 4 rings (SSSR count). The fourth-order valence-corrected chi connectivity index (χ4v) is 4.16. The molecule has 1 aromatic carbocycles. The first-order valence-corrected chi connectivity index (χ1v) is 9.61. The van der Waals surface area contributed by atoms with Crippen molar-refractivity contribution in [2.75, 3.05) is 11.4 Å². The van der Waals surface area contributed by atoms with Crippen LogP contribution in [-0.2, 0) is 4.79 Å². The Labute approximate surface area is 160 Å². The van der Waals surface area contributed by atoms with E-state index in [1.807, 2.05) is 13.8 Å². The number of urea groups is 2. The number of rotatable bonds is 3. The predicted molar refractivity (Wildman–Crippen MR) is 101 cm³/mol. The van der Waals surface area contributed by atoms with Crippen LogP contribution in [0.15, 0.2) is 18.2 Å². The molecular weight excluding hydrogens is 368 g/mol. The van der Waals surface area contributed by atoms with Crippen LogP contribution in [-0.4, -0.2) is 56.3 Å². The van der Waals surface area contributed by atoms with Crippen LogP contribution in [0.1, 0.15) is 26.7 Å². The highest BCUT2D eigenvalue weighted by atomic mass is 32.1. The molecule has 2 fully saturated rings. The minimum atomic E-state index is -0.572. The number of aromatic nitrogens is 2. The van der Waals surface area contributed by atoms with E-state index >= 15 is 0 Å². The summed E-state index contributed by atoms with van der Waals surface area (Å²) in [6.45, 7) is 4.18. The summed E-state index contributed by atoms with van der Waals surface area (Å²) in [5.74, 6) is -0.281. The van der Waals surface area contributed by atoms with Crippen molar-refractivity contribution in [1.82, 2.24) is 24.3 Å². The number of carbonyl (C=O) groups is 3. The lowest BCUT2D eigenvalue weighted by Gasteiger charge is -2.32. The molecule has 1 aromatic heterocycles. The molecule has 0 spiro atoms. The van der Waals surface area contributed by atoms with Gasteiger partial charge in [-0.25, -0.2) is 14.5 Å². The Morgan fingerprint density at radius 1 is 1.30 bits per heavy atom. The second-order valence-corrected chi connectivity index (χ2v) is 7.60. The Bertz CT molecular complexity index is 913. The molecule has 9 nitrogen and oxygen atoms in total. The number of hydrogen-bond acceptors (Lipinski definition) is 6. The van der Waals surface area contributed by atoms with Crippen LogP contribution in [0.4, 0.5) is 15.3 Å². The monoisotopic (exact) mass is 388 g/mol. The van der Waals surface area contributed by atoms with Crippen LogP contribution in [0.5, 0.6) is 0 Å². The molecule has 10 heteroatoms. The van der Waals surface area contributed by atoms with E-state index in [0.717, 1.165) is 11.7 Å². The third kappa shape index (κ3) is 3.09. The van der Waals surface area contributed by atoms with E-state index in [1.165, 1.54) is 4.90 Å². The standard InChI is InChI=1S/C17H20N6O3S/c1-9(2)18-16(25)19-10-6-7-22-13(8-10)15(24)23(17(22)26)12-5-3-4-11-14(12)21-27-20-11/h3-5,9-10,13H,6-8H2,1-2H3,(H2,18,19,25)/t10-,13+/m1/s1. The minimum Gasteiger partial charge on any atom is -0.336 e. The zero-order valence-electron chi connectivity index (χ0n) is 15.0. The van der Waals surface area contributed by atoms with E-state index in [2.05, 4.69) is 19.4 Å². The summed E-state index contributed by atoms with van der Waals surface area (Å²) in [6.07, 6.45) is 1.01. The van der Waals surface area contributed by atoms with Crippen LogP contribution >= 0.6 is 11.7 Å². The van der Waals surface area contributed by atoms with Gasteiger partial charge in [0.2, 0.25) is 0 Å². The van der Waals surface area contributed by atoms with Crippen molar-refractivity contribution in [3.8, 4) is 0 Å². The van der Waals surface area contributed by atoms with Gasteiger partial charge in [-0.15, -0.1) is 0 Å². The maximum absolute atomic E-state index is 13.0. The molecule has 27 heavy (non-hydrogen) atoms. The summed E-state index contributed by atoms with van der Waals surface area (Å²) in [5, 5.41) is 5.68. The van der Waals surface area contributed by atoms with Gasteiger partial charge in [0.05, 0.1) is 17.4 Å². The molecule has 2 aliphatic heterocycles. The van der Waals surface area contributed by atoms with Gasteiger partial charge in [-0.2, -0.15) is 8.75 Å². The number of amides is 5. The maximum atomic E-state index is 13.0. The number of nitrogens with one attached hydrogen (secondary N) is 2. The lowest BCUT2D eigenvalue weighted by molar-refractivity contribution is -0.120. The third-order valence-electron chi connectivity index (χ3n) is 4.81. The van der Waals surface area contributed by atoms with Gasteiger partial charge in [-0.1, -0.05) is 6.07 Å². The summed E-state index contributed by atoms with van der Waals surface area (Å²) in [6, 6.07) is 3.99. The van der Waals surface area contributed by atoms with E-state index in [-0.39, 0.29) is 30.1 Å². The number of carbonyl (C=O) groups excluding carboxylic acids is 3. The van der Waals surface area contributed by atoms with Gasteiger partial charge >= 0.3 is 12.1 Å². The average Bonchev–Trinajstić information content (AvgIpc) is 3.18. The zero-order valence-corrected chi connectivity index (χ0v) is 15.8. The fourth-order valence-electron chi connectivity index (χ4n) is 3.61. The lowest BCUT2D eigenvalue weighted by Crippen LogP contribution is -2.52. The number of nitrogens with zero attached hydrogens (tertiary/aromatic N) is 4. The van der Waals surface area contributed by atoms with Crippen molar-refractivity contribution in [2.24, 2.45) is 0 Å². The summed E-state index contributed by atoms with van der Waals surface area (Å²) in [4.78, 5) is 40.6. The molecule has 2 aliphatic rings. The summed E-state index contributed by atoms with van der Waals surface area (Å²) < 4.78 is 8.41. The van der Waals surface area contributed by atoms with Crippen molar-refractivity contribution in [2.45, 2.75) is 44.8 Å². The van der Waals surface area contributed by atoms with E-state index in [1.54, 1.807) is 23.1 Å². The Hall–Kier alpha value is -2.75. The molecule has 5 amide bonds. The first-order chi connectivity index (χ1) is 13.0. The van der Waals surface area contributed by atoms with Crippen LogP contribution in [0.3, 0.4) is 0 Å². The molecule has 3 heterocycles. The third-order valence-corrected chi connectivity index (χ3v) is 5.35. The van der Waals surface area contributed by atoms with Crippen molar-refractivity contribution >= 4 is 46.4 Å². The Morgan fingerprint density at radius 2 is 2.11 bits per heavy atom. The van der Waals surface area contributed by atoms with E-state index < -0.39 is 6.04 Å². The van der Waals surface area contributed by atoms with Gasteiger partial charge in [0.1, 0.15) is 17.1 Å². The molecule has 0 radical (unpaired) electrons. The Morgan fingerprint density at radius 3 is 2.89 bits per heavy atom. The van der Waals surface area contributed by atoms with Crippen LogP contribution < -0.4 is 15.5 Å². The van der Waals surface area contributed by atoms with Gasteiger partial charge in [0.15, 0.2) is 0 Å². The molecule has 2 aromatic rings. The average molecular weight is 388 g/mol. The molecule has 2 atom stereocenters. The van der Waals surface area contributed by atoms with Gasteiger partial charge in [-0.3, -0.25) is 4.79 Å². The second kappa shape index (κ2) is 6.76. The van der Waals surface area contributed by atoms with Gasteiger partial charge < -0.3 is 15.5 Å². The van der Waals surface area contributed by atoms with E-state index in [0.29, 0.717) is 36.1 Å². The summed E-state index contributed by atoms with van der Waals surface area (Å²) in [7, 11) is 0. The smallest absolute Gasteiger partial charge is 0.332 e. The molecule has 142 valence electrons. The summed E-state index contributed by atoms with van der Waals surface area (Å²) in [5.41, 5.74) is 1.68. The Kier molecular flexibility index (Phi) is 4.42. The van der Waals surface area contributed by atoms with Crippen LogP contribution in [0.25, 0.3) is 11.0 Å². The summed E-state index contributed by atoms with van der Waals surface area (Å²) >= 11 is 1.05. The van der Waals surface area contributed by atoms with Crippen molar-refractivity contribution in [3.05, 3.63) is 18.2 Å². The van der Waals surface area contributed by atoms with Gasteiger partial charge in [0.25, 0.3) is 5.91 Å². The first kappa shape index (κ1) is 17.7. The fraction of sp³-hybridized carbons (Fsp3) is 0.471. The van der Waals surface area contributed by atoms with Crippen molar-refractivity contribution in [3.63, 3.8) is 0 Å². The maximum Gasteiger partial charge on any atom is 0.332 e. The molecule has 2 N–H and O–H groups in total. The highest BCUT2D eigenvalue weighted by molar-refractivity contribution is 7.00. The molecule has 0 aliphatic carbocycles. The van der Waals surface area contributed by atoms with Gasteiger partial charge in [0, 0.05) is 18.6 Å². The molecule has 0 saturated carbocycles. The molecular formula is C17H20N6O3S. The van der Waals surface area contributed by atoms with E-state index in [9.17, 15) is 14.4 Å². The number of fused-ring (bicyclic) bond motifs is 2. The Balaban J connectivity index is 1.55. The number of imide groups is 1. The predicted octanol–water partition coefficient (Wildman–Crippen LogP) is 1.70. The zero-order chi connectivity index (χ0) is 19.1. The van der Waals surface area contributed by atoms with Crippen molar-refractivity contribution < 1.29 is 14.4 Å². The first-order valence-electron chi connectivity index (χ1n) is 8.88.